The van der Waals surface area contributed by atoms with Gasteiger partial charge in [0.1, 0.15) is 6.04 Å². The van der Waals surface area contributed by atoms with Crippen LogP contribution in [0.2, 0.25) is 5.02 Å². The minimum absolute atomic E-state index is 0.0176. The highest BCUT2D eigenvalue weighted by Gasteiger charge is 2.29. The summed E-state index contributed by atoms with van der Waals surface area (Å²) in [6.07, 6.45) is 2.40. The lowest BCUT2D eigenvalue weighted by molar-refractivity contribution is -0.141. The molecule has 0 bridgehead atoms. The van der Waals surface area contributed by atoms with Gasteiger partial charge in [0.05, 0.1) is 0 Å². The maximum Gasteiger partial charge on any atom is 0.243 e. The van der Waals surface area contributed by atoms with Gasteiger partial charge in [-0.2, -0.15) is 0 Å². The molecule has 0 fully saturated rings. The van der Waals surface area contributed by atoms with Crippen molar-refractivity contribution in [2.75, 3.05) is 0 Å². The van der Waals surface area contributed by atoms with Crippen LogP contribution in [0.15, 0.2) is 48.5 Å². The second kappa shape index (κ2) is 12.2. The molecule has 0 heterocycles. The minimum atomic E-state index is -0.509. The normalized spacial score (nSPS) is 13.3. The fourth-order valence-electron chi connectivity index (χ4n) is 3.71. The highest BCUT2D eigenvalue weighted by Crippen LogP contribution is 2.23. The summed E-state index contributed by atoms with van der Waals surface area (Å²) in [5.41, 5.74) is 3.45. The van der Waals surface area contributed by atoms with Gasteiger partial charge >= 0.3 is 0 Å². The smallest absolute Gasteiger partial charge is 0.243 e. The van der Waals surface area contributed by atoms with Crippen molar-refractivity contribution in [1.82, 2.24) is 10.2 Å². The SMILES string of the molecule is CC[C@H](C(=O)N[C@@H](C)CC)N(Cc1ccc(Cl)cc1)C(=O)CCc1ccc(C(C)(C)C)cc1. The molecule has 0 aliphatic rings. The first-order chi connectivity index (χ1) is 15.5. The molecule has 0 aliphatic heterocycles. The Hall–Kier alpha value is -2.33. The van der Waals surface area contributed by atoms with Crippen molar-refractivity contribution in [2.45, 2.75) is 91.3 Å². The van der Waals surface area contributed by atoms with Crippen LogP contribution < -0.4 is 5.32 Å². The Labute approximate surface area is 204 Å². The topological polar surface area (TPSA) is 49.4 Å². The number of hydrogen-bond acceptors (Lipinski definition) is 2. The fourth-order valence-corrected chi connectivity index (χ4v) is 3.84. The summed E-state index contributed by atoms with van der Waals surface area (Å²) in [5.74, 6) is -0.111. The molecule has 0 spiro atoms. The van der Waals surface area contributed by atoms with Gasteiger partial charge < -0.3 is 10.2 Å². The van der Waals surface area contributed by atoms with E-state index in [4.69, 9.17) is 11.6 Å². The largest absolute Gasteiger partial charge is 0.352 e. The summed E-state index contributed by atoms with van der Waals surface area (Å²) >= 11 is 6.04. The highest BCUT2D eigenvalue weighted by atomic mass is 35.5. The molecule has 4 nitrogen and oxygen atoms in total. The number of hydrogen-bond donors (Lipinski definition) is 1. The monoisotopic (exact) mass is 470 g/mol. The fraction of sp³-hybridized carbons (Fsp3) is 0.500. The quantitative estimate of drug-likeness (QED) is 0.443. The van der Waals surface area contributed by atoms with Crippen molar-refractivity contribution < 1.29 is 9.59 Å². The summed E-state index contributed by atoms with van der Waals surface area (Å²) in [5, 5.41) is 3.70. The zero-order valence-corrected chi connectivity index (χ0v) is 21.7. The molecular weight excluding hydrogens is 432 g/mol. The molecule has 2 aromatic rings. The van der Waals surface area contributed by atoms with E-state index < -0.39 is 6.04 Å². The van der Waals surface area contributed by atoms with Gasteiger partial charge in [-0.15, -0.1) is 0 Å². The lowest BCUT2D eigenvalue weighted by Gasteiger charge is -2.31. The maximum atomic E-state index is 13.4. The maximum absolute atomic E-state index is 13.4. The average molecular weight is 471 g/mol. The van der Waals surface area contributed by atoms with E-state index in [1.54, 1.807) is 4.90 Å². The van der Waals surface area contributed by atoms with Gasteiger partial charge in [-0.1, -0.05) is 82.6 Å². The zero-order chi connectivity index (χ0) is 24.6. The summed E-state index contributed by atoms with van der Waals surface area (Å²) in [4.78, 5) is 28.1. The molecule has 2 aromatic carbocycles. The third kappa shape index (κ3) is 8.19. The average Bonchev–Trinajstić information content (AvgIpc) is 2.78. The van der Waals surface area contributed by atoms with Gasteiger partial charge in [0, 0.05) is 24.0 Å². The molecule has 2 rings (SSSR count). The van der Waals surface area contributed by atoms with Crippen LogP contribution in [0.5, 0.6) is 0 Å². The molecule has 0 aromatic heterocycles. The molecule has 0 saturated carbocycles. The van der Waals surface area contributed by atoms with E-state index in [-0.39, 0.29) is 23.3 Å². The van der Waals surface area contributed by atoms with E-state index >= 15 is 0 Å². The van der Waals surface area contributed by atoms with E-state index in [2.05, 4.69) is 50.4 Å². The molecule has 0 radical (unpaired) electrons. The second-order valence-corrected chi connectivity index (χ2v) is 10.3. The van der Waals surface area contributed by atoms with Crippen LogP contribution in [0.25, 0.3) is 0 Å². The summed E-state index contributed by atoms with van der Waals surface area (Å²) in [6.45, 7) is 12.9. The van der Waals surface area contributed by atoms with Gasteiger partial charge in [0.15, 0.2) is 0 Å². The van der Waals surface area contributed by atoms with Crippen molar-refractivity contribution in [1.29, 1.82) is 0 Å². The lowest BCUT2D eigenvalue weighted by Crippen LogP contribution is -2.50. The van der Waals surface area contributed by atoms with Gasteiger partial charge in [0.2, 0.25) is 11.8 Å². The Morgan fingerprint density at radius 2 is 1.52 bits per heavy atom. The zero-order valence-electron chi connectivity index (χ0n) is 21.0. The third-order valence-electron chi connectivity index (χ3n) is 6.10. The number of carbonyl (C=O) groups excluding carboxylic acids is 2. The molecule has 5 heteroatoms. The van der Waals surface area contributed by atoms with E-state index in [9.17, 15) is 9.59 Å². The van der Waals surface area contributed by atoms with E-state index in [0.29, 0.717) is 30.8 Å². The standard InChI is InChI=1S/C28H39ClN2O2/c1-7-20(3)30-27(33)25(8-2)31(19-22-11-16-24(29)17-12-22)26(32)18-13-21-9-14-23(15-10-21)28(4,5)6/h9-12,14-17,20,25H,7-8,13,18-19H2,1-6H3,(H,30,33)/t20-,25+/m0/s1. The van der Waals surface area contributed by atoms with Gasteiger partial charge in [-0.25, -0.2) is 0 Å². The van der Waals surface area contributed by atoms with E-state index in [1.165, 1.54) is 5.56 Å². The molecule has 33 heavy (non-hydrogen) atoms. The van der Waals surface area contributed by atoms with Gasteiger partial charge in [-0.05, 0) is 60.4 Å². The van der Waals surface area contributed by atoms with Crippen molar-refractivity contribution in [2.24, 2.45) is 0 Å². The number of carbonyl (C=O) groups is 2. The molecule has 0 aliphatic carbocycles. The highest BCUT2D eigenvalue weighted by molar-refractivity contribution is 6.30. The number of amides is 2. The van der Waals surface area contributed by atoms with Crippen LogP contribution in [0.3, 0.4) is 0 Å². The Bertz CT molecular complexity index is 901. The Balaban J connectivity index is 2.19. The predicted molar refractivity (Wildman–Crippen MR) is 137 cm³/mol. The molecule has 1 N–H and O–H groups in total. The summed E-state index contributed by atoms with van der Waals surface area (Å²) in [7, 11) is 0. The van der Waals surface area contributed by atoms with Crippen molar-refractivity contribution in [3.05, 3.63) is 70.2 Å². The van der Waals surface area contributed by atoms with Crippen molar-refractivity contribution >= 4 is 23.4 Å². The molecule has 0 unspecified atom stereocenters. The summed E-state index contributed by atoms with van der Waals surface area (Å²) in [6, 6.07) is 15.5. The van der Waals surface area contributed by atoms with Gasteiger partial charge in [0.25, 0.3) is 0 Å². The number of rotatable bonds is 10. The van der Waals surface area contributed by atoms with E-state index in [0.717, 1.165) is 17.5 Å². The molecule has 2 amide bonds. The van der Waals surface area contributed by atoms with E-state index in [1.807, 2.05) is 45.0 Å². The van der Waals surface area contributed by atoms with Crippen LogP contribution in [0.1, 0.15) is 77.5 Å². The van der Waals surface area contributed by atoms with Crippen molar-refractivity contribution in [3.8, 4) is 0 Å². The Kier molecular flexibility index (Phi) is 9.97. The lowest BCUT2D eigenvalue weighted by atomic mass is 9.86. The number of nitrogens with one attached hydrogen (secondary N) is 1. The van der Waals surface area contributed by atoms with Crippen LogP contribution in [-0.2, 0) is 28.0 Å². The number of aryl methyl sites for hydroxylation is 1. The van der Waals surface area contributed by atoms with Crippen molar-refractivity contribution in [3.63, 3.8) is 0 Å². The second-order valence-electron chi connectivity index (χ2n) is 9.84. The number of benzene rings is 2. The Morgan fingerprint density at radius 1 is 0.939 bits per heavy atom. The van der Waals surface area contributed by atoms with Crippen LogP contribution in [-0.4, -0.2) is 28.8 Å². The molecular formula is C28H39ClN2O2. The van der Waals surface area contributed by atoms with Crippen LogP contribution in [0, 0.1) is 0 Å². The van der Waals surface area contributed by atoms with Gasteiger partial charge in [-0.3, -0.25) is 9.59 Å². The molecule has 180 valence electrons. The van der Waals surface area contributed by atoms with Crippen LogP contribution >= 0.6 is 11.6 Å². The first kappa shape index (κ1) is 26.9. The third-order valence-corrected chi connectivity index (χ3v) is 6.35. The first-order valence-electron chi connectivity index (χ1n) is 12.0. The number of halogens is 1. The Morgan fingerprint density at radius 3 is 2.03 bits per heavy atom. The summed E-state index contributed by atoms with van der Waals surface area (Å²) < 4.78 is 0. The molecule has 2 atom stereocenters. The first-order valence-corrected chi connectivity index (χ1v) is 12.4. The minimum Gasteiger partial charge on any atom is -0.352 e. The predicted octanol–water partition coefficient (Wildman–Crippen LogP) is 6.29. The van der Waals surface area contributed by atoms with Crippen LogP contribution in [0.4, 0.5) is 0 Å². The number of nitrogens with zero attached hydrogens (tertiary/aromatic N) is 1. The molecule has 0 saturated heterocycles.